The van der Waals surface area contributed by atoms with Gasteiger partial charge in [-0.1, -0.05) is 6.07 Å². The predicted molar refractivity (Wildman–Crippen MR) is 68.7 cm³/mol. The Balaban J connectivity index is 2.19. The Kier molecular flexibility index (Phi) is 4.41. The van der Waals surface area contributed by atoms with Gasteiger partial charge in [0.2, 0.25) is 0 Å². The van der Waals surface area contributed by atoms with Crippen LogP contribution in [0.3, 0.4) is 0 Å². The van der Waals surface area contributed by atoms with Crippen molar-refractivity contribution in [1.29, 1.82) is 0 Å². The number of benzene rings is 1. The van der Waals surface area contributed by atoms with Gasteiger partial charge in [0.05, 0.1) is 0 Å². The number of rotatable bonds is 4. The first-order chi connectivity index (χ1) is 8.72. The number of nitrogens with one attached hydrogen (secondary N) is 1. The van der Waals surface area contributed by atoms with E-state index >= 15 is 0 Å². The predicted octanol–water partition coefficient (Wildman–Crippen LogP) is 0.426. The van der Waals surface area contributed by atoms with Gasteiger partial charge in [-0.3, -0.25) is 4.90 Å². The van der Waals surface area contributed by atoms with Gasteiger partial charge in [-0.15, -0.1) is 0 Å². The lowest BCUT2D eigenvalue weighted by Gasteiger charge is -2.35. The molecule has 1 aliphatic rings. The van der Waals surface area contributed by atoms with Crippen LogP contribution in [0.2, 0.25) is 0 Å². The van der Waals surface area contributed by atoms with Crippen LogP contribution in [-0.4, -0.2) is 53.0 Å². The van der Waals surface area contributed by atoms with Crippen LogP contribution in [0.1, 0.15) is 18.0 Å². The van der Waals surface area contributed by atoms with Crippen molar-refractivity contribution in [2.75, 3.05) is 32.8 Å². The number of aliphatic hydroxyl groups excluding tert-OH is 1. The van der Waals surface area contributed by atoms with E-state index in [1.165, 1.54) is 6.07 Å². The third kappa shape index (κ3) is 2.93. The molecule has 1 heterocycles. The molecule has 1 aromatic rings. The lowest BCUT2D eigenvalue weighted by atomic mass is 10.0. The van der Waals surface area contributed by atoms with Gasteiger partial charge >= 0.3 is 0 Å². The normalized spacial score (nSPS) is 18.7. The minimum Gasteiger partial charge on any atom is -0.504 e. The second-order valence-corrected chi connectivity index (χ2v) is 4.56. The first-order valence-corrected chi connectivity index (χ1v) is 6.30. The van der Waals surface area contributed by atoms with Crippen LogP contribution in [0.4, 0.5) is 0 Å². The minimum atomic E-state index is -0.109. The fourth-order valence-electron chi connectivity index (χ4n) is 2.42. The summed E-state index contributed by atoms with van der Waals surface area (Å²) in [4.78, 5) is 2.29. The van der Waals surface area contributed by atoms with Gasteiger partial charge in [-0.25, -0.2) is 0 Å². The highest BCUT2D eigenvalue weighted by Crippen LogP contribution is 2.31. The molecule has 5 nitrogen and oxygen atoms in total. The van der Waals surface area contributed by atoms with Crippen LogP contribution in [0, 0.1) is 0 Å². The van der Waals surface area contributed by atoms with E-state index in [2.05, 4.69) is 10.2 Å². The summed E-state index contributed by atoms with van der Waals surface area (Å²) in [6.07, 6.45) is 0.629. The van der Waals surface area contributed by atoms with Gasteiger partial charge in [-0.2, -0.15) is 0 Å². The number of hydrogen-bond acceptors (Lipinski definition) is 5. The molecular weight excluding hydrogens is 232 g/mol. The number of phenolic OH excluding ortho intramolecular Hbond substituents is 2. The largest absolute Gasteiger partial charge is 0.504 e. The molecule has 0 radical (unpaired) electrons. The highest BCUT2D eigenvalue weighted by Gasteiger charge is 2.22. The van der Waals surface area contributed by atoms with Crippen molar-refractivity contribution >= 4 is 0 Å². The SMILES string of the molecule is OCC[C@H](c1ccc(O)c(O)c1)N1CCNCC1. The zero-order chi connectivity index (χ0) is 13.0. The van der Waals surface area contributed by atoms with Gasteiger partial charge < -0.3 is 20.6 Å². The van der Waals surface area contributed by atoms with Crippen LogP contribution in [-0.2, 0) is 0 Å². The fourth-order valence-corrected chi connectivity index (χ4v) is 2.42. The zero-order valence-corrected chi connectivity index (χ0v) is 10.3. The Labute approximate surface area is 107 Å². The van der Waals surface area contributed by atoms with Crippen molar-refractivity contribution in [3.63, 3.8) is 0 Å². The highest BCUT2D eigenvalue weighted by atomic mass is 16.3. The second kappa shape index (κ2) is 6.04. The molecule has 1 saturated heterocycles. The van der Waals surface area contributed by atoms with E-state index in [9.17, 15) is 15.3 Å². The van der Waals surface area contributed by atoms with E-state index in [0.717, 1.165) is 31.7 Å². The summed E-state index contributed by atoms with van der Waals surface area (Å²) >= 11 is 0. The molecule has 5 heteroatoms. The summed E-state index contributed by atoms with van der Waals surface area (Å²) in [7, 11) is 0. The molecule has 100 valence electrons. The molecule has 0 aromatic heterocycles. The Morgan fingerprint density at radius 3 is 2.50 bits per heavy atom. The topological polar surface area (TPSA) is 76.0 Å². The molecule has 4 N–H and O–H groups in total. The lowest BCUT2D eigenvalue weighted by molar-refractivity contribution is 0.141. The summed E-state index contributed by atoms with van der Waals surface area (Å²) in [5.74, 6) is -0.215. The molecule has 0 spiro atoms. The fraction of sp³-hybridized carbons (Fsp3) is 0.538. The lowest BCUT2D eigenvalue weighted by Crippen LogP contribution is -2.45. The molecule has 0 unspecified atom stereocenters. The van der Waals surface area contributed by atoms with Crippen LogP contribution >= 0.6 is 0 Å². The molecule has 18 heavy (non-hydrogen) atoms. The molecule has 0 aliphatic carbocycles. The van der Waals surface area contributed by atoms with Crippen molar-refractivity contribution in [1.82, 2.24) is 10.2 Å². The maximum atomic E-state index is 9.57. The van der Waals surface area contributed by atoms with Crippen molar-refractivity contribution in [3.05, 3.63) is 23.8 Å². The minimum absolute atomic E-state index is 0.0867. The van der Waals surface area contributed by atoms with E-state index < -0.39 is 0 Å². The second-order valence-electron chi connectivity index (χ2n) is 4.56. The molecule has 1 aliphatic heterocycles. The average Bonchev–Trinajstić information content (AvgIpc) is 2.40. The van der Waals surface area contributed by atoms with Crippen LogP contribution in [0.5, 0.6) is 11.5 Å². The highest BCUT2D eigenvalue weighted by molar-refractivity contribution is 5.41. The van der Waals surface area contributed by atoms with Gasteiger partial charge in [0, 0.05) is 38.8 Å². The van der Waals surface area contributed by atoms with E-state index in [-0.39, 0.29) is 24.1 Å². The first kappa shape index (κ1) is 13.1. The number of hydrogen-bond donors (Lipinski definition) is 4. The summed E-state index contributed by atoms with van der Waals surface area (Å²) in [5.41, 5.74) is 0.932. The molecule has 1 fully saturated rings. The van der Waals surface area contributed by atoms with Crippen molar-refractivity contribution < 1.29 is 15.3 Å². The van der Waals surface area contributed by atoms with E-state index in [1.807, 2.05) is 0 Å². The maximum Gasteiger partial charge on any atom is 0.157 e. The summed E-state index contributed by atoms with van der Waals surface area (Å²) in [6.45, 7) is 3.83. The molecule has 0 saturated carbocycles. The number of aromatic hydroxyl groups is 2. The standard InChI is InChI=1S/C13H20N2O3/c16-8-3-11(15-6-4-14-5-7-15)10-1-2-12(17)13(18)9-10/h1-2,9,11,14,16-18H,3-8H2/t11-/m1/s1. The number of piperazine rings is 1. The maximum absolute atomic E-state index is 9.57. The summed E-state index contributed by atoms with van der Waals surface area (Å²) in [5, 5.41) is 31.4. The molecular formula is C13H20N2O3. The summed E-state index contributed by atoms with van der Waals surface area (Å²) < 4.78 is 0. The Morgan fingerprint density at radius 2 is 1.89 bits per heavy atom. The zero-order valence-electron chi connectivity index (χ0n) is 10.3. The van der Waals surface area contributed by atoms with Crippen LogP contribution in [0.15, 0.2) is 18.2 Å². The monoisotopic (exact) mass is 252 g/mol. The number of aliphatic hydroxyl groups is 1. The quantitative estimate of drug-likeness (QED) is 0.585. The Morgan fingerprint density at radius 1 is 1.17 bits per heavy atom. The Bertz CT molecular complexity index is 392. The molecule has 0 bridgehead atoms. The van der Waals surface area contributed by atoms with Crippen molar-refractivity contribution in [3.8, 4) is 11.5 Å². The van der Waals surface area contributed by atoms with E-state index in [4.69, 9.17) is 0 Å². The smallest absolute Gasteiger partial charge is 0.157 e. The van der Waals surface area contributed by atoms with E-state index in [0.29, 0.717) is 6.42 Å². The van der Waals surface area contributed by atoms with Gasteiger partial charge in [0.15, 0.2) is 11.5 Å². The van der Waals surface area contributed by atoms with Crippen molar-refractivity contribution in [2.24, 2.45) is 0 Å². The van der Waals surface area contributed by atoms with Crippen LogP contribution in [0.25, 0.3) is 0 Å². The molecule has 2 rings (SSSR count). The molecule has 1 aromatic carbocycles. The first-order valence-electron chi connectivity index (χ1n) is 6.30. The number of phenols is 2. The van der Waals surface area contributed by atoms with E-state index in [1.54, 1.807) is 12.1 Å². The number of nitrogens with zero attached hydrogens (tertiary/aromatic N) is 1. The van der Waals surface area contributed by atoms with Gasteiger partial charge in [0.25, 0.3) is 0 Å². The third-order valence-electron chi connectivity index (χ3n) is 3.38. The van der Waals surface area contributed by atoms with Crippen LogP contribution < -0.4 is 5.32 Å². The molecule has 0 amide bonds. The van der Waals surface area contributed by atoms with Gasteiger partial charge in [-0.05, 0) is 24.1 Å². The molecule has 1 atom stereocenters. The van der Waals surface area contributed by atoms with Gasteiger partial charge in [0.1, 0.15) is 0 Å². The average molecular weight is 252 g/mol. The van der Waals surface area contributed by atoms with Crippen molar-refractivity contribution in [2.45, 2.75) is 12.5 Å². The summed E-state index contributed by atoms with van der Waals surface area (Å²) in [6, 6.07) is 4.97. The Hall–Kier alpha value is -1.30. The third-order valence-corrected chi connectivity index (χ3v) is 3.38.